The van der Waals surface area contributed by atoms with Crippen LogP contribution in [0.5, 0.6) is 0 Å². The Hall–Kier alpha value is -2.63. The lowest BCUT2D eigenvalue weighted by molar-refractivity contribution is -0.139. The number of rotatable bonds is 4. The summed E-state index contributed by atoms with van der Waals surface area (Å²) in [6, 6.07) is 7.91. The molecule has 1 aliphatic rings. The summed E-state index contributed by atoms with van der Waals surface area (Å²) in [5.74, 6) is -1.16. The molecule has 3 rings (SSSR count). The van der Waals surface area contributed by atoms with Crippen LogP contribution in [-0.4, -0.2) is 28.1 Å². The first-order valence-corrected chi connectivity index (χ1v) is 9.54. The topological polar surface area (TPSA) is 76.0 Å². The average Bonchev–Trinajstić information content (AvgIpc) is 3.02. The lowest BCUT2D eigenvalue weighted by Gasteiger charge is -2.35. The SMILES string of the molecule is CCCNC(=O)C(=O)N[C@@H]1CC(C)(C)Cc2c1cnn2-c1ccccc1C. The molecular formula is C21H28N4O2. The Morgan fingerprint density at radius 3 is 2.70 bits per heavy atom. The maximum Gasteiger partial charge on any atom is 0.309 e. The number of carbonyl (C=O) groups is 2. The molecule has 6 nitrogen and oxygen atoms in total. The Balaban J connectivity index is 1.91. The van der Waals surface area contributed by atoms with Crippen LogP contribution in [0.25, 0.3) is 5.69 Å². The van der Waals surface area contributed by atoms with Crippen LogP contribution in [0.3, 0.4) is 0 Å². The summed E-state index contributed by atoms with van der Waals surface area (Å²) in [6.07, 6.45) is 4.26. The molecule has 0 fully saturated rings. The summed E-state index contributed by atoms with van der Waals surface area (Å²) >= 11 is 0. The molecular weight excluding hydrogens is 340 g/mol. The lowest BCUT2D eigenvalue weighted by atomic mass is 9.74. The largest absolute Gasteiger partial charge is 0.348 e. The van der Waals surface area contributed by atoms with Crippen molar-refractivity contribution < 1.29 is 9.59 Å². The summed E-state index contributed by atoms with van der Waals surface area (Å²) < 4.78 is 1.97. The predicted octanol–water partition coefficient (Wildman–Crippen LogP) is 2.84. The second-order valence-electron chi connectivity index (χ2n) is 8.07. The van der Waals surface area contributed by atoms with Gasteiger partial charge in [-0.05, 0) is 43.2 Å². The molecule has 2 N–H and O–H groups in total. The first-order chi connectivity index (χ1) is 12.8. The maximum absolute atomic E-state index is 12.3. The molecule has 0 bridgehead atoms. The molecule has 1 aromatic carbocycles. The molecule has 0 radical (unpaired) electrons. The van der Waals surface area contributed by atoms with Gasteiger partial charge in [0.1, 0.15) is 0 Å². The van der Waals surface area contributed by atoms with Crippen molar-refractivity contribution >= 4 is 11.8 Å². The second-order valence-corrected chi connectivity index (χ2v) is 8.07. The van der Waals surface area contributed by atoms with E-state index in [1.165, 1.54) is 0 Å². The molecule has 1 aliphatic carbocycles. The zero-order valence-corrected chi connectivity index (χ0v) is 16.5. The van der Waals surface area contributed by atoms with E-state index >= 15 is 0 Å². The van der Waals surface area contributed by atoms with Gasteiger partial charge in [0.05, 0.1) is 23.6 Å². The fraction of sp³-hybridized carbons (Fsp3) is 0.476. The Morgan fingerprint density at radius 2 is 2.00 bits per heavy atom. The minimum atomic E-state index is -0.583. The fourth-order valence-electron chi connectivity index (χ4n) is 3.72. The standard InChI is InChI=1S/C21H28N4O2/c1-5-10-22-19(26)20(27)24-16-11-21(3,4)12-18-15(16)13-23-25(18)17-9-7-6-8-14(17)2/h6-9,13,16H,5,10-12H2,1-4H3,(H,22,26)(H,24,27)/t16-/m1/s1. The number of nitrogens with zero attached hydrogens (tertiary/aromatic N) is 2. The van der Waals surface area contributed by atoms with Gasteiger partial charge in [-0.1, -0.05) is 39.0 Å². The minimum absolute atomic E-state index is 0.00862. The van der Waals surface area contributed by atoms with E-state index in [1.807, 2.05) is 29.9 Å². The van der Waals surface area contributed by atoms with Gasteiger partial charge in [0.15, 0.2) is 0 Å². The van der Waals surface area contributed by atoms with Crippen molar-refractivity contribution in [2.24, 2.45) is 5.41 Å². The van der Waals surface area contributed by atoms with E-state index in [1.54, 1.807) is 0 Å². The summed E-state index contributed by atoms with van der Waals surface area (Å²) in [5, 5.41) is 10.2. The Bertz CT molecular complexity index is 854. The Kier molecular flexibility index (Phi) is 5.35. The van der Waals surface area contributed by atoms with Crippen LogP contribution >= 0.6 is 0 Å². The second kappa shape index (κ2) is 7.55. The molecule has 144 valence electrons. The highest BCUT2D eigenvalue weighted by Gasteiger charge is 2.36. The molecule has 0 unspecified atom stereocenters. The van der Waals surface area contributed by atoms with Crippen LogP contribution in [0.2, 0.25) is 0 Å². The van der Waals surface area contributed by atoms with Gasteiger partial charge in [0.25, 0.3) is 0 Å². The van der Waals surface area contributed by atoms with E-state index in [9.17, 15) is 9.59 Å². The van der Waals surface area contributed by atoms with E-state index in [2.05, 4.69) is 48.6 Å². The highest BCUT2D eigenvalue weighted by Crippen LogP contribution is 2.41. The molecule has 1 aromatic heterocycles. The molecule has 0 saturated carbocycles. The number of hydrogen-bond acceptors (Lipinski definition) is 3. The number of carbonyl (C=O) groups excluding carboxylic acids is 2. The fourth-order valence-corrected chi connectivity index (χ4v) is 3.72. The summed E-state index contributed by atoms with van der Waals surface area (Å²) in [5.41, 5.74) is 4.27. The van der Waals surface area contributed by atoms with Gasteiger partial charge in [-0.25, -0.2) is 4.68 Å². The number of aromatic nitrogens is 2. The van der Waals surface area contributed by atoms with Crippen molar-refractivity contribution in [3.8, 4) is 5.69 Å². The van der Waals surface area contributed by atoms with Crippen molar-refractivity contribution in [2.45, 2.75) is 53.0 Å². The van der Waals surface area contributed by atoms with Crippen LogP contribution in [0, 0.1) is 12.3 Å². The highest BCUT2D eigenvalue weighted by atomic mass is 16.2. The van der Waals surface area contributed by atoms with E-state index in [0.29, 0.717) is 6.54 Å². The van der Waals surface area contributed by atoms with Crippen LogP contribution in [0.4, 0.5) is 0 Å². The third-order valence-corrected chi connectivity index (χ3v) is 5.07. The molecule has 0 aliphatic heterocycles. The number of benzene rings is 1. The van der Waals surface area contributed by atoms with Gasteiger partial charge in [-0.15, -0.1) is 0 Å². The zero-order chi connectivity index (χ0) is 19.6. The number of nitrogens with one attached hydrogen (secondary N) is 2. The first-order valence-electron chi connectivity index (χ1n) is 9.54. The number of fused-ring (bicyclic) bond motifs is 1. The van der Waals surface area contributed by atoms with Gasteiger partial charge < -0.3 is 10.6 Å². The molecule has 27 heavy (non-hydrogen) atoms. The van der Waals surface area contributed by atoms with Gasteiger partial charge in [-0.3, -0.25) is 9.59 Å². The van der Waals surface area contributed by atoms with Crippen molar-refractivity contribution in [3.63, 3.8) is 0 Å². The summed E-state index contributed by atoms with van der Waals surface area (Å²) in [6.45, 7) is 8.88. The maximum atomic E-state index is 12.3. The third-order valence-electron chi connectivity index (χ3n) is 5.07. The molecule has 2 amide bonds. The molecule has 6 heteroatoms. The molecule has 0 saturated heterocycles. The van der Waals surface area contributed by atoms with Crippen LogP contribution in [0.15, 0.2) is 30.5 Å². The van der Waals surface area contributed by atoms with E-state index in [-0.39, 0.29) is 11.5 Å². The lowest BCUT2D eigenvalue weighted by Crippen LogP contribution is -2.44. The molecule has 0 spiro atoms. The number of para-hydroxylation sites is 1. The van der Waals surface area contributed by atoms with E-state index in [0.717, 1.165) is 41.8 Å². The predicted molar refractivity (Wildman–Crippen MR) is 105 cm³/mol. The van der Waals surface area contributed by atoms with Gasteiger partial charge in [0, 0.05) is 12.1 Å². The number of aryl methyl sites for hydroxylation is 1. The third kappa shape index (κ3) is 4.04. The molecule has 1 atom stereocenters. The Morgan fingerprint density at radius 1 is 1.26 bits per heavy atom. The van der Waals surface area contributed by atoms with Crippen molar-refractivity contribution in [2.75, 3.05) is 6.54 Å². The smallest absolute Gasteiger partial charge is 0.309 e. The van der Waals surface area contributed by atoms with Crippen molar-refractivity contribution in [3.05, 3.63) is 47.3 Å². The van der Waals surface area contributed by atoms with Crippen LogP contribution in [0.1, 0.15) is 56.5 Å². The van der Waals surface area contributed by atoms with Crippen molar-refractivity contribution in [1.82, 2.24) is 20.4 Å². The first kappa shape index (κ1) is 19.1. The van der Waals surface area contributed by atoms with Gasteiger partial charge >= 0.3 is 11.8 Å². The number of amides is 2. The molecule has 1 heterocycles. The monoisotopic (exact) mass is 368 g/mol. The average molecular weight is 368 g/mol. The normalized spacial score (nSPS) is 17.9. The van der Waals surface area contributed by atoms with Crippen LogP contribution in [-0.2, 0) is 16.0 Å². The van der Waals surface area contributed by atoms with E-state index < -0.39 is 11.8 Å². The van der Waals surface area contributed by atoms with Crippen molar-refractivity contribution in [1.29, 1.82) is 0 Å². The Labute approximate surface area is 160 Å². The quantitative estimate of drug-likeness (QED) is 0.815. The minimum Gasteiger partial charge on any atom is -0.348 e. The highest BCUT2D eigenvalue weighted by molar-refractivity contribution is 6.35. The van der Waals surface area contributed by atoms with E-state index in [4.69, 9.17) is 0 Å². The summed E-state index contributed by atoms with van der Waals surface area (Å²) in [4.78, 5) is 24.3. The molecule has 2 aromatic rings. The zero-order valence-electron chi connectivity index (χ0n) is 16.5. The summed E-state index contributed by atoms with van der Waals surface area (Å²) in [7, 11) is 0. The number of hydrogen-bond donors (Lipinski definition) is 2. The van der Waals surface area contributed by atoms with Gasteiger partial charge in [-0.2, -0.15) is 5.10 Å². The van der Waals surface area contributed by atoms with Crippen LogP contribution < -0.4 is 10.6 Å². The van der Waals surface area contributed by atoms with Gasteiger partial charge in [0.2, 0.25) is 0 Å².